The monoisotopic (exact) mass is 458 g/mol. The Balaban J connectivity index is 0.00000312. The average molecular weight is 458 g/mol. The maximum absolute atomic E-state index is 4.67. The van der Waals surface area contributed by atoms with Crippen LogP contribution < -0.4 is 10.6 Å². The molecule has 1 saturated heterocycles. The molecule has 0 bridgehead atoms. The summed E-state index contributed by atoms with van der Waals surface area (Å²) < 4.78 is 0. The van der Waals surface area contributed by atoms with Crippen LogP contribution in [0.25, 0.3) is 0 Å². The number of rotatable bonds is 8. The average Bonchev–Trinajstić information content (AvgIpc) is 2.61. The molecule has 1 aromatic carbocycles. The van der Waals surface area contributed by atoms with Crippen LogP contribution in [0, 0.1) is 0 Å². The summed E-state index contributed by atoms with van der Waals surface area (Å²) in [5.41, 5.74) is 1.24. The highest BCUT2D eigenvalue weighted by molar-refractivity contribution is 14.0. The molecule has 25 heavy (non-hydrogen) atoms. The number of hydrogen-bond acceptors (Lipinski definition) is 2. The fourth-order valence-electron chi connectivity index (χ4n) is 3.23. The van der Waals surface area contributed by atoms with Gasteiger partial charge < -0.3 is 15.5 Å². The van der Waals surface area contributed by atoms with Crippen LogP contribution in [0.15, 0.2) is 35.3 Å². The molecule has 1 unspecified atom stereocenters. The Kier molecular flexibility index (Phi) is 11.9. The predicted octanol–water partition coefficient (Wildman–Crippen LogP) is 4.01. The molecule has 0 aromatic heterocycles. The van der Waals surface area contributed by atoms with Crippen molar-refractivity contribution in [2.45, 2.75) is 58.5 Å². The van der Waals surface area contributed by atoms with E-state index >= 15 is 0 Å². The second-order valence-electron chi connectivity index (χ2n) is 6.70. The van der Waals surface area contributed by atoms with Crippen molar-refractivity contribution in [3.05, 3.63) is 35.9 Å². The molecule has 1 fully saturated rings. The summed E-state index contributed by atoms with van der Waals surface area (Å²) in [6, 6.07) is 11.2. The number of guanidine groups is 1. The third-order valence-electron chi connectivity index (χ3n) is 4.71. The summed E-state index contributed by atoms with van der Waals surface area (Å²) in [7, 11) is 0. The predicted molar refractivity (Wildman–Crippen MR) is 119 cm³/mol. The summed E-state index contributed by atoms with van der Waals surface area (Å²) in [5, 5.41) is 6.79. The Bertz CT molecular complexity index is 478. The highest BCUT2D eigenvalue weighted by Gasteiger charge is 2.16. The lowest BCUT2D eigenvalue weighted by molar-refractivity contribution is 0.158. The number of likely N-dealkylation sites (tertiary alicyclic amines) is 1. The molecule has 2 N–H and O–H groups in total. The molecule has 4 nitrogen and oxygen atoms in total. The molecular weight excluding hydrogens is 423 g/mol. The standard InChI is InChI=1S/C20H34N4.HI/c1-3-21-20(23-17-19-12-5-4-6-13-19)22-14-8-10-16-24-15-9-7-11-18(24)2;/h4-6,12-13,18H,3,7-11,14-17H2,1-2H3,(H2,21,22,23);1H. The van der Waals surface area contributed by atoms with Gasteiger partial charge >= 0.3 is 0 Å². The van der Waals surface area contributed by atoms with Crippen LogP contribution >= 0.6 is 24.0 Å². The van der Waals surface area contributed by atoms with Crippen molar-refractivity contribution < 1.29 is 0 Å². The number of halogens is 1. The Morgan fingerprint density at radius 3 is 2.68 bits per heavy atom. The van der Waals surface area contributed by atoms with E-state index in [9.17, 15) is 0 Å². The summed E-state index contributed by atoms with van der Waals surface area (Å²) in [5.74, 6) is 0.924. The van der Waals surface area contributed by atoms with Crippen LogP contribution in [0.3, 0.4) is 0 Å². The van der Waals surface area contributed by atoms with E-state index < -0.39 is 0 Å². The summed E-state index contributed by atoms with van der Waals surface area (Å²) >= 11 is 0. The molecule has 0 amide bonds. The first-order valence-corrected chi connectivity index (χ1v) is 9.59. The molecule has 1 aromatic rings. The van der Waals surface area contributed by atoms with E-state index in [1.54, 1.807) is 0 Å². The largest absolute Gasteiger partial charge is 0.357 e. The Labute approximate surface area is 170 Å². The van der Waals surface area contributed by atoms with Crippen LogP contribution in [-0.2, 0) is 6.54 Å². The van der Waals surface area contributed by atoms with Gasteiger partial charge in [-0.2, -0.15) is 0 Å². The van der Waals surface area contributed by atoms with Gasteiger partial charge in [-0.25, -0.2) is 4.99 Å². The number of nitrogens with one attached hydrogen (secondary N) is 2. The molecule has 0 spiro atoms. The van der Waals surface area contributed by atoms with Gasteiger partial charge in [-0.05, 0) is 58.2 Å². The van der Waals surface area contributed by atoms with Gasteiger partial charge in [0, 0.05) is 19.1 Å². The van der Waals surface area contributed by atoms with Gasteiger partial charge in [0.1, 0.15) is 0 Å². The number of hydrogen-bond donors (Lipinski definition) is 2. The normalized spacial score (nSPS) is 18.5. The van der Waals surface area contributed by atoms with Crippen molar-refractivity contribution in [3.63, 3.8) is 0 Å². The van der Waals surface area contributed by atoms with Crippen molar-refractivity contribution >= 4 is 29.9 Å². The second-order valence-corrected chi connectivity index (χ2v) is 6.70. The lowest BCUT2D eigenvalue weighted by Gasteiger charge is -2.33. The van der Waals surface area contributed by atoms with Gasteiger partial charge in [0.25, 0.3) is 0 Å². The molecular formula is C20H35IN4. The first-order chi connectivity index (χ1) is 11.8. The molecule has 0 aliphatic carbocycles. The lowest BCUT2D eigenvalue weighted by Crippen LogP contribution is -2.39. The first kappa shape index (κ1) is 22.2. The molecule has 1 aliphatic heterocycles. The van der Waals surface area contributed by atoms with Crippen LogP contribution in [0.5, 0.6) is 0 Å². The van der Waals surface area contributed by atoms with E-state index in [-0.39, 0.29) is 24.0 Å². The van der Waals surface area contributed by atoms with Crippen molar-refractivity contribution in [2.75, 3.05) is 26.2 Å². The zero-order chi connectivity index (χ0) is 17.0. The quantitative estimate of drug-likeness (QED) is 0.268. The summed E-state index contributed by atoms with van der Waals surface area (Å²) in [6.45, 7) is 9.61. The Hall–Kier alpha value is -0.820. The van der Waals surface area contributed by atoms with Gasteiger partial charge in [0.15, 0.2) is 5.96 Å². The number of benzene rings is 1. The third-order valence-corrected chi connectivity index (χ3v) is 4.71. The van der Waals surface area contributed by atoms with E-state index in [0.29, 0.717) is 0 Å². The molecule has 1 aliphatic rings. The molecule has 5 heteroatoms. The molecule has 0 saturated carbocycles. The minimum Gasteiger partial charge on any atom is -0.357 e. The zero-order valence-electron chi connectivity index (χ0n) is 15.8. The van der Waals surface area contributed by atoms with Crippen LogP contribution in [-0.4, -0.2) is 43.1 Å². The number of unbranched alkanes of at least 4 members (excludes halogenated alkanes) is 1. The van der Waals surface area contributed by atoms with Gasteiger partial charge in [-0.1, -0.05) is 36.8 Å². The zero-order valence-corrected chi connectivity index (χ0v) is 18.2. The van der Waals surface area contributed by atoms with Crippen LogP contribution in [0.1, 0.15) is 51.5 Å². The number of nitrogens with zero attached hydrogens (tertiary/aromatic N) is 2. The van der Waals surface area contributed by atoms with Gasteiger partial charge in [-0.3, -0.25) is 0 Å². The van der Waals surface area contributed by atoms with E-state index in [1.807, 2.05) is 6.07 Å². The summed E-state index contributed by atoms with van der Waals surface area (Å²) in [4.78, 5) is 7.32. The van der Waals surface area contributed by atoms with Gasteiger partial charge in [-0.15, -0.1) is 24.0 Å². The smallest absolute Gasteiger partial charge is 0.191 e. The van der Waals surface area contributed by atoms with E-state index in [2.05, 4.69) is 58.6 Å². The fraction of sp³-hybridized carbons (Fsp3) is 0.650. The molecule has 1 atom stereocenters. The SMILES string of the molecule is CCNC(=NCc1ccccc1)NCCCCN1CCCCC1C.I. The molecule has 0 radical (unpaired) electrons. The highest BCUT2D eigenvalue weighted by Crippen LogP contribution is 2.16. The first-order valence-electron chi connectivity index (χ1n) is 9.59. The Morgan fingerprint density at radius 1 is 1.16 bits per heavy atom. The van der Waals surface area contributed by atoms with Crippen molar-refractivity contribution in [1.82, 2.24) is 15.5 Å². The lowest BCUT2D eigenvalue weighted by atomic mass is 10.0. The second kappa shape index (κ2) is 13.4. The highest BCUT2D eigenvalue weighted by atomic mass is 127. The number of piperidine rings is 1. The van der Waals surface area contributed by atoms with E-state index in [4.69, 9.17) is 0 Å². The van der Waals surface area contributed by atoms with Gasteiger partial charge in [0.2, 0.25) is 0 Å². The molecule has 142 valence electrons. The van der Waals surface area contributed by atoms with Crippen LogP contribution in [0.4, 0.5) is 0 Å². The van der Waals surface area contributed by atoms with Crippen molar-refractivity contribution in [2.24, 2.45) is 4.99 Å². The van der Waals surface area contributed by atoms with Gasteiger partial charge in [0.05, 0.1) is 6.54 Å². The Morgan fingerprint density at radius 2 is 1.96 bits per heavy atom. The molecule has 2 rings (SSSR count). The van der Waals surface area contributed by atoms with Crippen molar-refractivity contribution in [3.8, 4) is 0 Å². The van der Waals surface area contributed by atoms with Crippen molar-refractivity contribution in [1.29, 1.82) is 0 Å². The summed E-state index contributed by atoms with van der Waals surface area (Å²) in [6.07, 6.45) is 6.60. The molecule has 1 heterocycles. The topological polar surface area (TPSA) is 39.7 Å². The fourth-order valence-corrected chi connectivity index (χ4v) is 3.23. The van der Waals surface area contributed by atoms with E-state index in [1.165, 1.54) is 50.8 Å². The minimum atomic E-state index is 0. The third kappa shape index (κ3) is 8.90. The minimum absolute atomic E-state index is 0. The number of aliphatic imine (C=N–C) groups is 1. The maximum Gasteiger partial charge on any atom is 0.191 e. The van der Waals surface area contributed by atoms with Crippen LogP contribution in [0.2, 0.25) is 0 Å². The maximum atomic E-state index is 4.67. The van der Waals surface area contributed by atoms with E-state index in [0.717, 1.165) is 31.6 Å².